The van der Waals surface area contributed by atoms with Crippen molar-refractivity contribution in [2.45, 2.75) is 6.92 Å². The fourth-order valence-electron chi connectivity index (χ4n) is 2.46. The van der Waals surface area contributed by atoms with Gasteiger partial charge in [0.1, 0.15) is 0 Å². The Labute approximate surface area is 136 Å². The first-order chi connectivity index (χ1) is 10.1. The predicted octanol–water partition coefficient (Wildman–Crippen LogP) is 5.80. The highest BCUT2D eigenvalue weighted by Gasteiger charge is 2.16. The third kappa shape index (κ3) is 2.50. The maximum Gasteiger partial charge on any atom is 0.193 e. The Kier molecular flexibility index (Phi) is 3.83. The molecule has 0 spiro atoms. The van der Waals surface area contributed by atoms with Gasteiger partial charge in [-0.1, -0.05) is 63.9 Å². The molecule has 0 N–H and O–H groups in total. The van der Waals surface area contributed by atoms with Crippen LogP contribution in [0.25, 0.3) is 10.8 Å². The maximum atomic E-state index is 12.9. The number of rotatable bonds is 2. The molecular formula is C18H12BrClO. The van der Waals surface area contributed by atoms with Gasteiger partial charge in [0.2, 0.25) is 0 Å². The van der Waals surface area contributed by atoms with Crippen molar-refractivity contribution in [3.63, 3.8) is 0 Å². The third-order valence-electron chi connectivity index (χ3n) is 3.63. The Hall–Kier alpha value is -1.64. The summed E-state index contributed by atoms with van der Waals surface area (Å²) in [6, 6.07) is 17.0. The molecular weight excluding hydrogens is 348 g/mol. The first-order valence-corrected chi connectivity index (χ1v) is 7.74. The molecule has 0 aliphatic heterocycles. The SMILES string of the molecule is Cc1c(Br)cccc1C(=O)c1ccc(Cl)c2ccccc12. The Bertz CT molecular complexity index is 855. The van der Waals surface area contributed by atoms with Crippen LogP contribution < -0.4 is 0 Å². The molecule has 0 aromatic heterocycles. The van der Waals surface area contributed by atoms with Crippen LogP contribution >= 0.6 is 27.5 Å². The Morgan fingerprint density at radius 1 is 0.905 bits per heavy atom. The second kappa shape index (κ2) is 5.63. The van der Waals surface area contributed by atoms with E-state index < -0.39 is 0 Å². The lowest BCUT2D eigenvalue weighted by Gasteiger charge is -2.10. The number of ketones is 1. The molecule has 0 amide bonds. The third-order valence-corrected chi connectivity index (χ3v) is 4.82. The number of hydrogen-bond donors (Lipinski definition) is 0. The summed E-state index contributed by atoms with van der Waals surface area (Å²) in [6.45, 7) is 1.94. The number of carbonyl (C=O) groups is 1. The Morgan fingerprint density at radius 2 is 1.62 bits per heavy atom. The predicted molar refractivity (Wildman–Crippen MR) is 91.3 cm³/mol. The average Bonchev–Trinajstić information content (AvgIpc) is 2.50. The van der Waals surface area contributed by atoms with Gasteiger partial charge in [-0.05, 0) is 36.1 Å². The fraction of sp³-hybridized carbons (Fsp3) is 0.0556. The molecule has 104 valence electrons. The average molecular weight is 360 g/mol. The van der Waals surface area contributed by atoms with E-state index in [-0.39, 0.29) is 5.78 Å². The topological polar surface area (TPSA) is 17.1 Å². The van der Waals surface area contributed by atoms with E-state index >= 15 is 0 Å². The van der Waals surface area contributed by atoms with E-state index in [9.17, 15) is 4.79 Å². The summed E-state index contributed by atoms with van der Waals surface area (Å²) in [5.74, 6) is 0.0154. The molecule has 0 saturated carbocycles. The quantitative estimate of drug-likeness (QED) is 0.529. The summed E-state index contributed by atoms with van der Waals surface area (Å²) in [5, 5.41) is 2.44. The summed E-state index contributed by atoms with van der Waals surface area (Å²) in [4.78, 5) is 12.9. The molecule has 0 fully saturated rings. The fourth-order valence-corrected chi connectivity index (χ4v) is 3.05. The number of halogens is 2. The highest BCUT2D eigenvalue weighted by molar-refractivity contribution is 9.10. The summed E-state index contributed by atoms with van der Waals surface area (Å²) < 4.78 is 0.937. The molecule has 3 aromatic rings. The van der Waals surface area contributed by atoms with Gasteiger partial charge in [0.15, 0.2) is 5.78 Å². The number of benzene rings is 3. The van der Waals surface area contributed by atoms with Crippen LogP contribution in [0, 0.1) is 6.92 Å². The maximum absolute atomic E-state index is 12.9. The van der Waals surface area contributed by atoms with Crippen LogP contribution in [0.15, 0.2) is 59.1 Å². The van der Waals surface area contributed by atoms with Crippen molar-refractivity contribution < 1.29 is 4.79 Å². The zero-order chi connectivity index (χ0) is 15.0. The molecule has 3 aromatic carbocycles. The summed E-state index contributed by atoms with van der Waals surface area (Å²) in [6.07, 6.45) is 0. The van der Waals surface area contributed by atoms with Gasteiger partial charge in [0, 0.05) is 26.0 Å². The van der Waals surface area contributed by atoms with Crippen LogP contribution in [0.5, 0.6) is 0 Å². The summed E-state index contributed by atoms with van der Waals surface area (Å²) in [7, 11) is 0. The number of carbonyl (C=O) groups excluding carboxylic acids is 1. The van der Waals surface area contributed by atoms with Crippen LogP contribution in [-0.2, 0) is 0 Å². The van der Waals surface area contributed by atoms with E-state index in [4.69, 9.17) is 11.6 Å². The van der Waals surface area contributed by atoms with Crippen molar-refractivity contribution in [3.05, 3.63) is 80.8 Å². The van der Waals surface area contributed by atoms with E-state index in [1.807, 2.05) is 49.4 Å². The van der Waals surface area contributed by atoms with Crippen LogP contribution in [0.4, 0.5) is 0 Å². The molecule has 3 rings (SSSR count). The first-order valence-electron chi connectivity index (χ1n) is 6.56. The van der Waals surface area contributed by atoms with Gasteiger partial charge < -0.3 is 0 Å². The largest absolute Gasteiger partial charge is 0.289 e. The number of hydrogen-bond acceptors (Lipinski definition) is 1. The van der Waals surface area contributed by atoms with Crippen LogP contribution in [-0.4, -0.2) is 5.78 Å². The van der Waals surface area contributed by atoms with Crippen molar-refractivity contribution >= 4 is 44.1 Å². The van der Waals surface area contributed by atoms with E-state index in [0.717, 1.165) is 20.8 Å². The first kappa shape index (κ1) is 14.3. The van der Waals surface area contributed by atoms with E-state index in [2.05, 4.69) is 15.9 Å². The summed E-state index contributed by atoms with van der Waals surface area (Å²) >= 11 is 9.69. The van der Waals surface area contributed by atoms with E-state index in [1.165, 1.54) is 0 Å². The smallest absolute Gasteiger partial charge is 0.193 e. The van der Waals surface area contributed by atoms with Gasteiger partial charge in [-0.25, -0.2) is 0 Å². The monoisotopic (exact) mass is 358 g/mol. The van der Waals surface area contributed by atoms with Gasteiger partial charge in [-0.15, -0.1) is 0 Å². The molecule has 0 aliphatic carbocycles. The van der Waals surface area contributed by atoms with Crippen molar-refractivity contribution in [2.75, 3.05) is 0 Å². The number of fused-ring (bicyclic) bond motifs is 1. The lowest BCUT2D eigenvalue weighted by Crippen LogP contribution is -2.05. The molecule has 1 nitrogen and oxygen atoms in total. The molecule has 0 bridgehead atoms. The normalized spacial score (nSPS) is 10.8. The van der Waals surface area contributed by atoms with E-state index in [0.29, 0.717) is 16.1 Å². The lowest BCUT2D eigenvalue weighted by molar-refractivity contribution is 0.103. The van der Waals surface area contributed by atoms with Gasteiger partial charge >= 0.3 is 0 Å². The van der Waals surface area contributed by atoms with Crippen molar-refractivity contribution in [3.8, 4) is 0 Å². The van der Waals surface area contributed by atoms with Gasteiger partial charge in [-0.3, -0.25) is 4.79 Å². The second-order valence-corrected chi connectivity index (χ2v) is 6.14. The van der Waals surface area contributed by atoms with Crippen LogP contribution in [0.1, 0.15) is 21.5 Å². The lowest BCUT2D eigenvalue weighted by atomic mass is 9.95. The zero-order valence-corrected chi connectivity index (χ0v) is 13.7. The van der Waals surface area contributed by atoms with Gasteiger partial charge in [0.05, 0.1) is 0 Å². The molecule has 0 radical (unpaired) electrons. The minimum absolute atomic E-state index is 0.0154. The molecule has 21 heavy (non-hydrogen) atoms. The molecule has 0 heterocycles. The minimum Gasteiger partial charge on any atom is -0.289 e. The highest BCUT2D eigenvalue weighted by atomic mass is 79.9. The zero-order valence-electron chi connectivity index (χ0n) is 11.4. The summed E-state index contributed by atoms with van der Waals surface area (Å²) in [5.41, 5.74) is 2.33. The van der Waals surface area contributed by atoms with E-state index in [1.54, 1.807) is 12.1 Å². The van der Waals surface area contributed by atoms with Gasteiger partial charge in [-0.2, -0.15) is 0 Å². The van der Waals surface area contributed by atoms with Crippen molar-refractivity contribution in [2.24, 2.45) is 0 Å². The molecule has 3 heteroatoms. The molecule has 0 aliphatic rings. The molecule has 0 unspecified atom stereocenters. The standard InChI is InChI=1S/C18H12BrClO/c1-11-12(7-4-8-16(11)19)18(21)15-9-10-17(20)14-6-3-2-5-13(14)15/h2-10H,1H3. The van der Waals surface area contributed by atoms with Crippen LogP contribution in [0.2, 0.25) is 5.02 Å². The highest BCUT2D eigenvalue weighted by Crippen LogP contribution is 2.29. The van der Waals surface area contributed by atoms with Gasteiger partial charge in [0.25, 0.3) is 0 Å². The molecule has 0 saturated heterocycles. The minimum atomic E-state index is 0.0154. The Morgan fingerprint density at radius 3 is 2.38 bits per heavy atom. The van der Waals surface area contributed by atoms with Crippen molar-refractivity contribution in [1.82, 2.24) is 0 Å². The Balaban J connectivity index is 2.23. The second-order valence-electron chi connectivity index (χ2n) is 4.88. The van der Waals surface area contributed by atoms with Crippen molar-refractivity contribution in [1.29, 1.82) is 0 Å². The molecule has 0 atom stereocenters. The van der Waals surface area contributed by atoms with Crippen LogP contribution in [0.3, 0.4) is 0 Å².